The SMILES string of the molecule is CCC1CC(NCC2CC2)CCO1. The predicted octanol–water partition coefficient (Wildman–Crippen LogP) is 1.94. The van der Waals surface area contributed by atoms with Gasteiger partial charge in [-0.15, -0.1) is 0 Å². The largest absolute Gasteiger partial charge is 0.378 e. The molecule has 0 aromatic rings. The molecule has 0 aromatic heterocycles. The van der Waals surface area contributed by atoms with E-state index in [0.29, 0.717) is 6.10 Å². The van der Waals surface area contributed by atoms with Gasteiger partial charge >= 0.3 is 0 Å². The van der Waals surface area contributed by atoms with Crippen LogP contribution in [0.1, 0.15) is 39.0 Å². The first-order valence-electron chi connectivity index (χ1n) is 5.73. The maximum atomic E-state index is 5.64. The molecule has 0 spiro atoms. The van der Waals surface area contributed by atoms with Crippen molar-refractivity contribution in [2.75, 3.05) is 13.2 Å². The summed E-state index contributed by atoms with van der Waals surface area (Å²) in [7, 11) is 0. The molecule has 0 radical (unpaired) electrons. The second-order valence-corrected chi connectivity index (χ2v) is 4.47. The monoisotopic (exact) mass is 183 g/mol. The molecule has 1 N–H and O–H groups in total. The zero-order chi connectivity index (χ0) is 9.10. The summed E-state index contributed by atoms with van der Waals surface area (Å²) in [6, 6.07) is 0.735. The minimum Gasteiger partial charge on any atom is -0.378 e. The van der Waals surface area contributed by atoms with E-state index in [-0.39, 0.29) is 0 Å². The smallest absolute Gasteiger partial charge is 0.0587 e. The lowest BCUT2D eigenvalue weighted by atomic mass is 10.0. The van der Waals surface area contributed by atoms with Crippen molar-refractivity contribution in [3.05, 3.63) is 0 Å². The van der Waals surface area contributed by atoms with Crippen LogP contribution in [0.5, 0.6) is 0 Å². The fourth-order valence-electron chi connectivity index (χ4n) is 2.01. The predicted molar refractivity (Wildman–Crippen MR) is 53.8 cm³/mol. The van der Waals surface area contributed by atoms with Gasteiger partial charge in [0.15, 0.2) is 0 Å². The van der Waals surface area contributed by atoms with Gasteiger partial charge in [0.05, 0.1) is 6.10 Å². The Balaban J connectivity index is 1.65. The van der Waals surface area contributed by atoms with Gasteiger partial charge in [-0.3, -0.25) is 0 Å². The topological polar surface area (TPSA) is 21.3 Å². The number of hydrogen-bond acceptors (Lipinski definition) is 2. The van der Waals surface area contributed by atoms with Crippen LogP contribution in [0, 0.1) is 5.92 Å². The third kappa shape index (κ3) is 2.96. The minimum absolute atomic E-state index is 0.519. The first-order chi connectivity index (χ1) is 6.38. The zero-order valence-corrected chi connectivity index (χ0v) is 8.59. The van der Waals surface area contributed by atoms with E-state index >= 15 is 0 Å². The van der Waals surface area contributed by atoms with E-state index in [1.54, 1.807) is 0 Å². The highest BCUT2D eigenvalue weighted by atomic mass is 16.5. The number of ether oxygens (including phenoxy) is 1. The fourth-order valence-corrected chi connectivity index (χ4v) is 2.01. The van der Waals surface area contributed by atoms with Gasteiger partial charge in [-0.05, 0) is 44.6 Å². The van der Waals surface area contributed by atoms with E-state index in [0.717, 1.165) is 18.6 Å². The average Bonchev–Trinajstić information content (AvgIpc) is 2.99. The highest BCUT2D eigenvalue weighted by Gasteiger charge is 2.25. The molecule has 2 heteroatoms. The quantitative estimate of drug-likeness (QED) is 0.719. The molecule has 1 aliphatic heterocycles. The molecule has 2 fully saturated rings. The summed E-state index contributed by atoms with van der Waals surface area (Å²) >= 11 is 0. The molecule has 76 valence electrons. The van der Waals surface area contributed by atoms with Crippen LogP contribution in [-0.4, -0.2) is 25.3 Å². The Bertz CT molecular complexity index is 156. The Hall–Kier alpha value is -0.0800. The van der Waals surface area contributed by atoms with Gasteiger partial charge in [0.1, 0.15) is 0 Å². The van der Waals surface area contributed by atoms with Gasteiger partial charge < -0.3 is 10.1 Å². The summed E-state index contributed by atoms with van der Waals surface area (Å²) in [6.45, 7) is 4.43. The van der Waals surface area contributed by atoms with E-state index in [2.05, 4.69) is 12.2 Å². The van der Waals surface area contributed by atoms with E-state index in [9.17, 15) is 0 Å². The van der Waals surface area contributed by atoms with Crippen molar-refractivity contribution in [3.8, 4) is 0 Å². The van der Waals surface area contributed by atoms with Crippen LogP contribution >= 0.6 is 0 Å². The minimum atomic E-state index is 0.519. The van der Waals surface area contributed by atoms with Crippen LogP contribution in [-0.2, 0) is 4.74 Å². The molecule has 1 saturated carbocycles. The molecule has 1 aliphatic carbocycles. The Morgan fingerprint density at radius 1 is 1.31 bits per heavy atom. The van der Waals surface area contributed by atoms with E-state index in [4.69, 9.17) is 4.74 Å². The van der Waals surface area contributed by atoms with Crippen LogP contribution in [0.15, 0.2) is 0 Å². The molecule has 1 heterocycles. The lowest BCUT2D eigenvalue weighted by Crippen LogP contribution is -2.39. The molecule has 2 atom stereocenters. The van der Waals surface area contributed by atoms with Gasteiger partial charge in [0, 0.05) is 12.6 Å². The Morgan fingerprint density at radius 2 is 2.15 bits per heavy atom. The van der Waals surface area contributed by atoms with E-state index in [1.165, 1.54) is 38.6 Å². The molecule has 2 unspecified atom stereocenters. The fraction of sp³-hybridized carbons (Fsp3) is 1.00. The molecule has 13 heavy (non-hydrogen) atoms. The second-order valence-electron chi connectivity index (χ2n) is 4.47. The van der Waals surface area contributed by atoms with Gasteiger partial charge in [-0.2, -0.15) is 0 Å². The number of nitrogens with one attached hydrogen (secondary N) is 1. The maximum absolute atomic E-state index is 5.64. The van der Waals surface area contributed by atoms with Crippen LogP contribution in [0.4, 0.5) is 0 Å². The molecule has 0 bridgehead atoms. The molecular formula is C11H21NO. The van der Waals surface area contributed by atoms with Gasteiger partial charge in [-0.25, -0.2) is 0 Å². The van der Waals surface area contributed by atoms with Crippen molar-refractivity contribution in [1.29, 1.82) is 0 Å². The lowest BCUT2D eigenvalue weighted by Gasteiger charge is -2.29. The molecule has 2 rings (SSSR count). The lowest BCUT2D eigenvalue weighted by molar-refractivity contribution is -0.000131. The van der Waals surface area contributed by atoms with Crippen LogP contribution in [0.3, 0.4) is 0 Å². The first-order valence-corrected chi connectivity index (χ1v) is 5.73. The standard InChI is InChI=1S/C11H21NO/c1-2-11-7-10(5-6-13-11)12-8-9-3-4-9/h9-12H,2-8H2,1H3. The van der Waals surface area contributed by atoms with Gasteiger partial charge in [-0.1, -0.05) is 6.92 Å². The molecule has 0 amide bonds. The van der Waals surface area contributed by atoms with Crippen LogP contribution in [0.25, 0.3) is 0 Å². The van der Waals surface area contributed by atoms with Crippen molar-refractivity contribution in [1.82, 2.24) is 5.32 Å². The summed E-state index contributed by atoms with van der Waals surface area (Å²) in [6.07, 6.45) is 7.03. The summed E-state index contributed by atoms with van der Waals surface area (Å²) in [5, 5.41) is 3.67. The number of rotatable bonds is 4. The summed E-state index contributed by atoms with van der Waals surface area (Å²) in [5.41, 5.74) is 0. The molecule has 2 aliphatic rings. The Labute approximate surface area is 81.0 Å². The van der Waals surface area contributed by atoms with Crippen molar-refractivity contribution in [3.63, 3.8) is 0 Å². The zero-order valence-electron chi connectivity index (χ0n) is 8.59. The van der Waals surface area contributed by atoms with Crippen LogP contribution in [0.2, 0.25) is 0 Å². The van der Waals surface area contributed by atoms with Crippen molar-refractivity contribution in [2.24, 2.45) is 5.92 Å². The number of hydrogen-bond donors (Lipinski definition) is 1. The summed E-state index contributed by atoms with van der Waals surface area (Å²) in [5.74, 6) is 1.00. The van der Waals surface area contributed by atoms with Crippen LogP contribution < -0.4 is 5.32 Å². The Kier molecular flexibility index (Phi) is 3.23. The summed E-state index contributed by atoms with van der Waals surface area (Å²) < 4.78 is 5.64. The van der Waals surface area contributed by atoms with Crippen molar-refractivity contribution < 1.29 is 4.74 Å². The Morgan fingerprint density at radius 3 is 2.85 bits per heavy atom. The third-order valence-corrected chi connectivity index (χ3v) is 3.21. The second kappa shape index (κ2) is 4.43. The normalized spacial score (nSPS) is 34.8. The average molecular weight is 183 g/mol. The van der Waals surface area contributed by atoms with Gasteiger partial charge in [0.25, 0.3) is 0 Å². The van der Waals surface area contributed by atoms with Gasteiger partial charge in [0.2, 0.25) is 0 Å². The molecular weight excluding hydrogens is 162 g/mol. The molecule has 2 nitrogen and oxygen atoms in total. The molecule has 1 saturated heterocycles. The summed E-state index contributed by atoms with van der Waals surface area (Å²) in [4.78, 5) is 0. The molecule has 0 aromatic carbocycles. The highest BCUT2D eigenvalue weighted by molar-refractivity contribution is 4.81. The highest BCUT2D eigenvalue weighted by Crippen LogP contribution is 2.28. The van der Waals surface area contributed by atoms with E-state index < -0.39 is 0 Å². The third-order valence-electron chi connectivity index (χ3n) is 3.21. The van der Waals surface area contributed by atoms with Crippen molar-refractivity contribution >= 4 is 0 Å². The first kappa shape index (κ1) is 9.47. The van der Waals surface area contributed by atoms with Crippen molar-refractivity contribution in [2.45, 2.75) is 51.2 Å². The maximum Gasteiger partial charge on any atom is 0.0587 e. The van der Waals surface area contributed by atoms with E-state index in [1.807, 2.05) is 0 Å².